The molecule has 0 fully saturated rings. The lowest BCUT2D eigenvalue weighted by Crippen LogP contribution is -2.40. The summed E-state index contributed by atoms with van der Waals surface area (Å²) in [6.45, 7) is 3.45. The van der Waals surface area contributed by atoms with E-state index in [1.165, 1.54) is 12.3 Å². The average Bonchev–Trinajstić information content (AvgIpc) is 2.55. The highest BCUT2D eigenvalue weighted by molar-refractivity contribution is 5.96. The minimum atomic E-state index is -0.860. The third-order valence-corrected chi connectivity index (χ3v) is 3.61. The number of hydrogen-bond acceptors (Lipinski definition) is 5. The average molecular weight is 332 g/mol. The fourth-order valence-corrected chi connectivity index (χ4v) is 2.12. The molecule has 24 heavy (non-hydrogen) atoms. The van der Waals surface area contributed by atoms with Gasteiger partial charge in [-0.25, -0.2) is 4.98 Å². The van der Waals surface area contributed by atoms with Crippen molar-refractivity contribution in [3.05, 3.63) is 40.3 Å². The molecular weight excluding hydrogens is 312 g/mol. The molecule has 0 aliphatic heterocycles. The number of primary amides is 1. The van der Waals surface area contributed by atoms with E-state index in [-0.39, 0.29) is 25.3 Å². The topological polar surface area (TPSA) is 127 Å². The number of nitrogens with one attached hydrogen (secondary N) is 1. The van der Waals surface area contributed by atoms with Gasteiger partial charge in [-0.15, -0.1) is 0 Å². The van der Waals surface area contributed by atoms with Crippen LogP contribution in [0.15, 0.2) is 29.2 Å². The Balaban J connectivity index is 2.37. The predicted octanol–water partition coefficient (Wildman–Crippen LogP) is -0.370. The largest absolute Gasteiger partial charge is 0.396 e. The third-order valence-electron chi connectivity index (χ3n) is 3.61. The van der Waals surface area contributed by atoms with Crippen LogP contribution in [0.2, 0.25) is 0 Å². The van der Waals surface area contributed by atoms with Crippen LogP contribution in [0.4, 0.5) is 0 Å². The zero-order valence-electron chi connectivity index (χ0n) is 13.6. The molecular formula is C16H20N4O4. The molecule has 2 aromatic rings. The fraction of sp³-hybridized carbons (Fsp3) is 0.375. The monoisotopic (exact) mass is 332 g/mol. The number of nitrogens with two attached hydrogens (primary N) is 1. The predicted molar refractivity (Wildman–Crippen MR) is 88.4 cm³/mol. The molecule has 0 saturated carbocycles. The van der Waals surface area contributed by atoms with E-state index in [0.717, 1.165) is 4.57 Å². The quantitative estimate of drug-likeness (QED) is 0.665. The SMILES string of the molecule is CC(C)(CO)CNC(=O)Cn1c(=O)c(C(N)=O)cc2cccnc21. The summed E-state index contributed by atoms with van der Waals surface area (Å²) >= 11 is 0. The van der Waals surface area contributed by atoms with Gasteiger partial charge in [0.1, 0.15) is 17.8 Å². The molecule has 0 spiro atoms. The van der Waals surface area contributed by atoms with Gasteiger partial charge < -0.3 is 16.2 Å². The van der Waals surface area contributed by atoms with Crippen molar-refractivity contribution >= 4 is 22.8 Å². The molecule has 0 aliphatic rings. The van der Waals surface area contributed by atoms with Gasteiger partial charge in [-0.05, 0) is 18.2 Å². The summed E-state index contributed by atoms with van der Waals surface area (Å²) in [4.78, 5) is 40.1. The smallest absolute Gasteiger partial charge is 0.265 e. The van der Waals surface area contributed by atoms with Crippen LogP contribution in [0.25, 0.3) is 11.0 Å². The van der Waals surface area contributed by atoms with Crippen LogP contribution in [-0.2, 0) is 11.3 Å². The first-order valence-electron chi connectivity index (χ1n) is 7.41. The van der Waals surface area contributed by atoms with Crippen molar-refractivity contribution in [1.29, 1.82) is 0 Å². The molecule has 0 radical (unpaired) electrons. The van der Waals surface area contributed by atoms with Crippen LogP contribution < -0.4 is 16.6 Å². The van der Waals surface area contributed by atoms with Crippen molar-refractivity contribution in [3.63, 3.8) is 0 Å². The summed E-state index contributed by atoms with van der Waals surface area (Å²) in [5, 5.41) is 12.4. The molecule has 2 rings (SSSR count). The molecule has 0 saturated heterocycles. The summed E-state index contributed by atoms with van der Waals surface area (Å²) in [6, 6.07) is 4.71. The lowest BCUT2D eigenvalue weighted by atomic mass is 9.95. The van der Waals surface area contributed by atoms with Gasteiger partial charge in [0.15, 0.2) is 0 Å². The van der Waals surface area contributed by atoms with E-state index in [1.54, 1.807) is 26.0 Å². The number of aliphatic hydroxyl groups excluding tert-OH is 1. The van der Waals surface area contributed by atoms with Crippen LogP contribution in [0.3, 0.4) is 0 Å². The summed E-state index contributed by atoms with van der Waals surface area (Å²) in [7, 11) is 0. The lowest BCUT2D eigenvalue weighted by molar-refractivity contribution is -0.122. The van der Waals surface area contributed by atoms with E-state index in [1.807, 2.05) is 0 Å². The number of hydrogen-bond donors (Lipinski definition) is 3. The van der Waals surface area contributed by atoms with E-state index >= 15 is 0 Å². The van der Waals surface area contributed by atoms with Crippen molar-refractivity contribution < 1.29 is 14.7 Å². The zero-order valence-corrected chi connectivity index (χ0v) is 13.6. The highest BCUT2D eigenvalue weighted by atomic mass is 16.3. The number of rotatable bonds is 6. The fourth-order valence-electron chi connectivity index (χ4n) is 2.12. The zero-order chi connectivity index (χ0) is 17.9. The first kappa shape index (κ1) is 17.6. The first-order chi connectivity index (χ1) is 11.2. The molecule has 0 bridgehead atoms. The Morgan fingerprint density at radius 3 is 2.75 bits per heavy atom. The van der Waals surface area contributed by atoms with Crippen molar-refractivity contribution in [2.45, 2.75) is 20.4 Å². The number of aliphatic hydroxyl groups is 1. The second-order valence-corrected chi connectivity index (χ2v) is 6.33. The van der Waals surface area contributed by atoms with Crippen LogP contribution in [0, 0.1) is 5.41 Å². The van der Waals surface area contributed by atoms with Gasteiger partial charge in [0.25, 0.3) is 11.5 Å². The summed E-state index contributed by atoms with van der Waals surface area (Å²) in [6.07, 6.45) is 1.50. The van der Waals surface area contributed by atoms with Crippen LogP contribution >= 0.6 is 0 Å². The van der Waals surface area contributed by atoms with Gasteiger partial charge in [-0.2, -0.15) is 0 Å². The van der Waals surface area contributed by atoms with Gasteiger partial charge in [-0.3, -0.25) is 19.0 Å². The van der Waals surface area contributed by atoms with Crippen molar-refractivity contribution in [2.75, 3.05) is 13.2 Å². The maximum Gasteiger partial charge on any atom is 0.265 e. The number of fused-ring (bicyclic) bond motifs is 1. The number of carbonyl (C=O) groups is 2. The molecule has 8 nitrogen and oxygen atoms in total. The molecule has 128 valence electrons. The molecule has 4 N–H and O–H groups in total. The van der Waals surface area contributed by atoms with Gasteiger partial charge in [0.2, 0.25) is 5.91 Å². The van der Waals surface area contributed by atoms with Crippen LogP contribution in [0.5, 0.6) is 0 Å². The third kappa shape index (κ3) is 3.77. The van der Waals surface area contributed by atoms with E-state index in [0.29, 0.717) is 11.0 Å². The molecule has 0 atom stereocenters. The lowest BCUT2D eigenvalue weighted by Gasteiger charge is -2.22. The van der Waals surface area contributed by atoms with E-state index in [9.17, 15) is 19.5 Å². The van der Waals surface area contributed by atoms with Crippen molar-refractivity contribution in [1.82, 2.24) is 14.9 Å². The summed E-state index contributed by atoms with van der Waals surface area (Å²) in [5.41, 5.74) is 4.20. The second kappa shape index (κ2) is 6.79. The first-order valence-corrected chi connectivity index (χ1v) is 7.41. The minimum absolute atomic E-state index is 0.0884. The van der Waals surface area contributed by atoms with E-state index in [2.05, 4.69) is 10.3 Å². The number of pyridine rings is 2. The van der Waals surface area contributed by atoms with Gasteiger partial charge in [-0.1, -0.05) is 13.8 Å². The Labute approximate surface area is 138 Å². The van der Waals surface area contributed by atoms with Crippen molar-refractivity contribution in [3.8, 4) is 0 Å². The number of aromatic nitrogens is 2. The maximum atomic E-state index is 12.4. The van der Waals surface area contributed by atoms with Gasteiger partial charge in [0, 0.05) is 30.1 Å². The number of nitrogens with zero attached hydrogens (tertiary/aromatic N) is 2. The van der Waals surface area contributed by atoms with E-state index in [4.69, 9.17) is 5.73 Å². The Morgan fingerprint density at radius 1 is 1.42 bits per heavy atom. The Bertz CT molecular complexity index is 842. The number of carbonyl (C=O) groups excluding carboxylic acids is 2. The van der Waals surface area contributed by atoms with Gasteiger partial charge >= 0.3 is 0 Å². The Kier molecular flexibility index (Phi) is 4.99. The molecule has 0 unspecified atom stereocenters. The maximum absolute atomic E-state index is 12.4. The summed E-state index contributed by atoms with van der Waals surface area (Å²) < 4.78 is 1.12. The normalized spacial score (nSPS) is 11.5. The highest BCUT2D eigenvalue weighted by Crippen LogP contribution is 2.12. The Morgan fingerprint density at radius 2 is 2.12 bits per heavy atom. The highest BCUT2D eigenvalue weighted by Gasteiger charge is 2.19. The van der Waals surface area contributed by atoms with Crippen LogP contribution in [-0.4, -0.2) is 39.6 Å². The Hall–Kier alpha value is -2.74. The molecule has 2 amide bonds. The standard InChI is InChI=1S/C16H20N4O4/c1-16(2,9-21)8-19-12(22)7-20-14-10(4-3-5-18-14)6-11(13(17)23)15(20)24/h3-6,21H,7-9H2,1-2H3,(H2,17,23)(H,19,22). The molecule has 0 aliphatic carbocycles. The molecule has 2 heterocycles. The van der Waals surface area contributed by atoms with Crippen LogP contribution in [0.1, 0.15) is 24.2 Å². The number of amides is 2. The molecule has 2 aromatic heterocycles. The van der Waals surface area contributed by atoms with E-state index < -0.39 is 22.8 Å². The summed E-state index contributed by atoms with van der Waals surface area (Å²) in [5.74, 6) is -1.28. The molecule has 8 heteroatoms. The van der Waals surface area contributed by atoms with Crippen molar-refractivity contribution in [2.24, 2.45) is 11.1 Å². The minimum Gasteiger partial charge on any atom is -0.396 e. The molecule has 0 aromatic carbocycles. The second-order valence-electron chi connectivity index (χ2n) is 6.33. The van der Waals surface area contributed by atoms with Gasteiger partial charge in [0.05, 0.1) is 0 Å².